The standard InChI is InChI=1S/C15H25NO2/c1-5-16-13(3)12(2)10-11-18-15-9-7-6-8-14(15)17-4/h6-9,12-13,16H,5,10-11H2,1-4H3. The Morgan fingerprint density at radius 1 is 1.17 bits per heavy atom. The van der Waals surface area contributed by atoms with E-state index < -0.39 is 0 Å². The van der Waals surface area contributed by atoms with E-state index in [-0.39, 0.29) is 0 Å². The first kappa shape index (κ1) is 14.8. The van der Waals surface area contributed by atoms with Gasteiger partial charge in [-0.3, -0.25) is 0 Å². The van der Waals surface area contributed by atoms with Crippen molar-refractivity contribution in [3.05, 3.63) is 24.3 Å². The van der Waals surface area contributed by atoms with E-state index in [0.717, 1.165) is 31.1 Å². The maximum absolute atomic E-state index is 5.77. The predicted molar refractivity (Wildman–Crippen MR) is 75.4 cm³/mol. The summed E-state index contributed by atoms with van der Waals surface area (Å²) in [5.74, 6) is 2.22. The largest absolute Gasteiger partial charge is 0.493 e. The summed E-state index contributed by atoms with van der Waals surface area (Å²) in [5, 5.41) is 3.44. The first-order valence-electron chi connectivity index (χ1n) is 6.68. The molecule has 1 aromatic rings. The van der Waals surface area contributed by atoms with E-state index in [9.17, 15) is 0 Å². The number of nitrogens with one attached hydrogen (secondary N) is 1. The lowest BCUT2D eigenvalue weighted by atomic mass is 10.0. The molecule has 0 aliphatic carbocycles. The van der Waals surface area contributed by atoms with Gasteiger partial charge in [0.15, 0.2) is 11.5 Å². The van der Waals surface area contributed by atoms with Gasteiger partial charge in [0, 0.05) is 6.04 Å². The SMILES string of the molecule is CCNC(C)C(C)CCOc1ccccc1OC. The molecular weight excluding hydrogens is 226 g/mol. The van der Waals surface area contributed by atoms with Crippen molar-refractivity contribution in [3.63, 3.8) is 0 Å². The summed E-state index contributed by atoms with van der Waals surface area (Å²) in [7, 11) is 1.66. The van der Waals surface area contributed by atoms with Gasteiger partial charge in [-0.25, -0.2) is 0 Å². The number of ether oxygens (including phenoxy) is 2. The number of benzene rings is 1. The monoisotopic (exact) mass is 251 g/mol. The Bertz CT molecular complexity index is 341. The molecule has 0 saturated carbocycles. The van der Waals surface area contributed by atoms with Gasteiger partial charge in [0.1, 0.15) is 0 Å². The molecule has 102 valence electrons. The molecule has 2 unspecified atom stereocenters. The fraction of sp³-hybridized carbons (Fsp3) is 0.600. The Kier molecular flexibility index (Phi) is 6.58. The predicted octanol–water partition coefficient (Wildman–Crippen LogP) is 3.10. The van der Waals surface area contributed by atoms with Crippen molar-refractivity contribution in [1.29, 1.82) is 0 Å². The van der Waals surface area contributed by atoms with E-state index in [1.807, 2.05) is 24.3 Å². The summed E-state index contributed by atoms with van der Waals surface area (Å²) in [6.07, 6.45) is 1.03. The van der Waals surface area contributed by atoms with Crippen LogP contribution in [0.2, 0.25) is 0 Å². The van der Waals surface area contributed by atoms with Crippen molar-refractivity contribution < 1.29 is 9.47 Å². The lowest BCUT2D eigenvalue weighted by Gasteiger charge is -2.20. The van der Waals surface area contributed by atoms with E-state index in [4.69, 9.17) is 9.47 Å². The lowest BCUT2D eigenvalue weighted by molar-refractivity contribution is 0.251. The molecule has 0 aliphatic heterocycles. The molecule has 3 nitrogen and oxygen atoms in total. The van der Waals surface area contributed by atoms with E-state index in [0.29, 0.717) is 12.0 Å². The van der Waals surface area contributed by atoms with Gasteiger partial charge in [-0.2, -0.15) is 0 Å². The van der Waals surface area contributed by atoms with E-state index in [2.05, 4.69) is 26.1 Å². The number of methoxy groups -OCH3 is 1. The van der Waals surface area contributed by atoms with Gasteiger partial charge in [-0.15, -0.1) is 0 Å². The minimum absolute atomic E-state index is 0.524. The summed E-state index contributed by atoms with van der Waals surface area (Å²) in [6.45, 7) is 8.33. The molecule has 1 aromatic carbocycles. The van der Waals surface area contributed by atoms with Gasteiger partial charge in [0.2, 0.25) is 0 Å². The van der Waals surface area contributed by atoms with Crippen LogP contribution in [-0.4, -0.2) is 26.3 Å². The highest BCUT2D eigenvalue weighted by molar-refractivity contribution is 5.39. The molecule has 0 amide bonds. The van der Waals surface area contributed by atoms with E-state index >= 15 is 0 Å². The number of rotatable bonds is 8. The third-order valence-electron chi connectivity index (χ3n) is 3.28. The molecule has 0 aromatic heterocycles. The summed E-state index contributed by atoms with van der Waals surface area (Å²) in [6, 6.07) is 8.29. The molecule has 0 radical (unpaired) electrons. The maximum Gasteiger partial charge on any atom is 0.161 e. The van der Waals surface area contributed by atoms with E-state index in [1.165, 1.54) is 0 Å². The molecule has 2 atom stereocenters. The van der Waals surface area contributed by atoms with Crippen LogP contribution < -0.4 is 14.8 Å². The highest BCUT2D eigenvalue weighted by atomic mass is 16.5. The van der Waals surface area contributed by atoms with Crippen LogP contribution in [0.25, 0.3) is 0 Å². The normalized spacial score (nSPS) is 14.0. The van der Waals surface area contributed by atoms with Crippen LogP contribution in [0.4, 0.5) is 0 Å². The third-order valence-corrected chi connectivity index (χ3v) is 3.28. The number of para-hydroxylation sites is 2. The van der Waals surface area contributed by atoms with Crippen molar-refractivity contribution in [1.82, 2.24) is 5.32 Å². The van der Waals surface area contributed by atoms with Gasteiger partial charge < -0.3 is 14.8 Å². The molecule has 1 N–H and O–H groups in total. The number of hydrogen-bond donors (Lipinski definition) is 1. The Hall–Kier alpha value is -1.22. The van der Waals surface area contributed by atoms with Gasteiger partial charge >= 0.3 is 0 Å². The molecule has 1 rings (SSSR count). The van der Waals surface area contributed by atoms with Gasteiger partial charge in [0.25, 0.3) is 0 Å². The second kappa shape index (κ2) is 7.98. The van der Waals surface area contributed by atoms with Crippen molar-refractivity contribution in [2.45, 2.75) is 33.2 Å². The average molecular weight is 251 g/mol. The van der Waals surface area contributed by atoms with Crippen molar-refractivity contribution >= 4 is 0 Å². The van der Waals surface area contributed by atoms with Gasteiger partial charge in [-0.05, 0) is 37.9 Å². The average Bonchev–Trinajstić information content (AvgIpc) is 2.39. The quantitative estimate of drug-likeness (QED) is 0.770. The fourth-order valence-corrected chi connectivity index (χ4v) is 1.87. The minimum Gasteiger partial charge on any atom is -0.493 e. The van der Waals surface area contributed by atoms with Gasteiger partial charge in [-0.1, -0.05) is 26.0 Å². The second-order valence-corrected chi connectivity index (χ2v) is 4.61. The summed E-state index contributed by atoms with van der Waals surface area (Å²) >= 11 is 0. The van der Waals surface area contributed by atoms with Crippen molar-refractivity contribution in [2.24, 2.45) is 5.92 Å². The third kappa shape index (κ3) is 4.57. The van der Waals surface area contributed by atoms with Crippen LogP contribution in [0.5, 0.6) is 11.5 Å². The second-order valence-electron chi connectivity index (χ2n) is 4.61. The highest BCUT2D eigenvalue weighted by Gasteiger charge is 2.11. The highest BCUT2D eigenvalue weighted by Crippen LogP contribution is 2.26. The Morgan fingerprint density at radius 2 is 1.83 bits per heavy atom. The van der Waals surface area contributed by atoms with Crippen molar-refractivity contribution in [3.8, 4) is 11.5 Å². The summed E-state index contributed by atoms with van der Waals surface area (Å²) in [5.41, 5.74) is 0. The van der Waals surface area contributed by atoms with Gasteiger partial charge in [0.05, 0.1) is 13.7 Å². The molecule has 0 spiro atoms. The van der Waals surface area contributed by atoms with Crippen LogP contribution in [0.1, 0.15) is 27.2 Å². The van der Waals surface area contributed by atoms with Crippen LogP contribution in [-0.2, 0) is 0 Å². The lowest BCUT2D eigenvalue weighted by Crippen LogP contribution is -2.32. The Morgan fingerprint density at radius 3 is 2.44 bits per heavy atom. The van der Waals surface area contributed by atoms with Crippen LogP contribution >= 0.6 is 0 Å². The molecule has 0 saturated heterocycles. The summed E-state index contributed by atoms with van der Waals surface area (Å²) < 4.78 is 11.0. The first-order chi connectivity index (χ1) is 8.69. The fourth-order valence-electron chi connectivity index (χ4n) is 1.87. The maximum atomic E-state index is 5.77. The molecule has 0 bridgehead atoms. The molecule has 0 aliphatic rings. The smallest absolute Gasteiger partial charge is 0.161 e. The first-order valence-corrected chi connectivity index (χ1v) is 6.68. The Labute approximate surface area is 110 Å². The molecule has 0 heterocycles. The topological polar surface area (TPSA) is 30.5 Å². The van der Waals surface area contributed by atoms with Crippen LogP contribution in [0, 0.1) is 5.92 Å². The molecule has 3 heteroatoms. The summed E-state index contributed by atoms with van der Waals surface area (Å²) in [4.78, 5) is 0. The van der Waals surface area contributed by atoms with Crippen molar-refractivity contribution in [2.75, 3.05) is 20.3 Å². The minimum atomic E-state index is 0.524. The van der Waals surface area contributed by atoms with Crippen LogP contribution in [0.15, 0.2) is 24.3 Å². The zero-order chi connectivity index (χ0) is 13.4. The molecule has 0 fully saturated rings. The van der Waals surface area contributed by atoms with E-state index in [1.54, 1.807) is 7.11 Å². The molecule has 18 heavy (non-hydrogen) atoms. The molecular formula is C15H25NO2. The zero-order valence-electron chi connectivity index (χ0n) is 11.9. The Balaban J connectivity index is 2.37. The number of hydrogen-bond acceptors (Lipinski definition) is 3. The zero-order valence-corrected chi connectivity index (χ0v) is 11.9. The van der Waals surface area contributed by atoms with Crippen LogP contribution in [0.3, 0.4) is 0 Å².